The molecule has 0 heterocycles. The van der Waals surface area contributed by atoms with Crippen molar-refractivity contribution in [1.82, 2.24) is 0 Å². The zero-order valence-corrected chi connectivity index (χ0v) is 12.2. The summed E-state index contributed by atoms with van der Waals surface area (Å²) in [6, 6.07) is 17.2. The van der Waals surface area contributed by atoms with Gasteiger partial charge in [-0.05, 0) is 42.7 Å². The highest BCUT2D eigenvalue weighted by Gasteiger charge is 2.05. The van der Waals surface area contributed by atoms with Crippen molar-refractivity contribution in [3.05, 3.63) is 60.2 Å². The number of nitrogens with two attached hydrogens (primary N) is 1. The smallest absolute Gasteiger partial charge is 0.318 e. The van der Waals surface area contributed by atoms with E-state index < -0.39 is 6.03 Å². The second-order valence-corrected chi connectivity index (χ2v) is 4.83. The number of ether oxygens (including phenoxy) is 1. The lowest BCUT2D eigenvalue weighted by atomic mass is 10.1. The fourth-order valence-electron chi connectivity index (χ4n) is 2.00. The minimum absolute atomic E-state index is 0.480. The molecule has 2 amide bonds. The summed E-state index contributed by atoms with van der Waals surface area (Å²) in [6.07, 6.45) is 1.97. The number of aryl methyl sites for hydroxylation is 1. The largest absolute Gasteiger partial charge is 0.494 e. The molecule has 0 atom stereocenters. The molecule has 0 aliphatic rings. The van der Waals surface area contributed by atoms with Crippen LogP contribution in [0.3, 0.4) is 0 Å². The summed E-state index contributed by atoms with van der Waals surface area (Å²) in [7, 11) is 1.64. The number of rotatable bonds is 6. The number of urea groups is 1. The molecular weight excluding hydrogens is 264 g/mol. The third-order valence-corrected chi connectivity index (χ3v) is 3.28. The van der Waals surface area contributed by atoms with E-state index in [4.69, 9.17) is 10.5 Å². The van der Waals surface area contributed by atoms with Gasteiger partial charge in [0.25, 0.3) is 0 Å². The second kappa shape index (κ2) is 7.33. The topological polar surface area (TPSA) is 55.6 Å². The predicted molar refractivity (Wildman–Crippen MR) is 84.7 cm³/mol. The zero-order valence-electron chi connectivity index (χ0n) is 12.2. The van der Waals surface area contributed by atoms with Gasteiger partial charge in [-0.15, -0.1) is 0 Å². The summed E-state index contributed by atoms with van der Waals surface area (Å²) in [4.78, 5) is 12.4. The van der Waals surface area contributed by atoms with Gasteiger partial charge in [0, 0.05) is 12.7 Å². The van der Waals surface area contributed by atoms with Gasteiger partial charge in [0.1, 0.15) is 5.75 Å². The van der Waals surface area contributed by atoms with Crippen LogP contribution >= 0.6 is 0 Å². The predicted octanol–water partition coefficient (Wildman–Crippen LogP) is 3.21. The Bertz CT molecular complexity index is 567. The molecule has 0 aromatic heterocycles. The van der Waals surface area contributed by atoms with E-state index in [1.165, 1.54) is 10.5 Å². The normalized spacial score (nSPS) is 10.1. The molecule has 2 N–H and O–H groups in total. The molecule has 2 aromatic carbocycles. The first-order valence-corrected chi connectivity index (χ1v) is 6.97. The van der Waals surface area contributed by atoms with Gasteiger partial charge < -0.3 is 10.5 Å². The number of benzene rings is 2. The Kier molecular flexibility index (Phi) is 5.21. The molecule has 0 aliphatic carbocycles. The van der Waals surface area contributed by atoms with Gasteiger partial charge in [-0.3, -0.25) is 4.90 Å². The Morgan fingerprint density at radius 1 is 1.10 bits per heavy atom. The van der Waals surface area contributed by atoms with Crippen molar-refractivity contribution in [3.8, 4) is 5.75 Å². The summed E-state index contributed by atoms with van der Waals surface area (Å²) in [6.45, 7) is 0.667. The van der Waals surface area contributed by atoms with Crippen molar-refractivity contribution in [3.63, 3.8) is 0 Å². The zero-order chi connectivity index (χ0) is 15.1. The van der Waals surface area contributed by atoms with Crippen LogP contribution in [0.25, 0.3) is 0 Å². The first-order valence-electron chi connectivity index (χ1n) is 6.97. The molecule has 110 valence electrons. The number of anilines is 1. The Hall–Kier alpha value is -2.49. The molecule has 0 aliphatic heterocycles. The Morgan fingerprint density at radius 2 is 1.76 bits per heavy atom. The van der Waals surface area contributed by atoms with Crippen LogP contribution in [-0.4, -0.2) is 19.7 Å². The number of nitrogens with zero attached hydrogens (tertiary/aromatic N) is 1. The number of primary amides is 1. The van der Waals surface area contributed by atoms with E-state index in [1.54, 1.807) is 7.05 Å². The standard InChI is InChI=1S/C17H20N2O2/c1-19(17(18)20)15-9-11-16(12-10-15)21-13-5-8-14-6-3-2-4-7-14/h2-4,6-7,9-12H,5,8,13H2,1H3,(H2,18,20). The lowest BCUT2D eigenvalue weighted by molar-refractivity contribution is 0.255. The van der Waals surface area contributed by atoms with E-state index in [2.05, 4.69) is 12.1 Å². The quantitative estimate of drug-likeness (QED) is 0.828. The van der Waals surface area contributed by atoms with Crippen molar-refractivity contribution in [2.45, 2.75) is 12.8 Å². The summed E-state index contributed by atoms with van der Waals surface area (Å²) < 4.78 is 5.69. The number of amides is 2. The number of carbonyl (C=O) groups excluding carboxylic acids is 1. The molecule has 0 fully saturated rings. The fourth-order valence-corrected chi connectivity index (χ4v) is 2.00. The van der Waals surface area contributed by atoms with Gasteiger partial charge >= 0.3 is 6.03 Å². The van der Waals surface area contributed by atoms with Gasteiger partial charge in [-0.1, -0.05) is 30.3 Å². The van der Waals surface area contributed by atoms with Crippen LogP contribution in [0.4, 0.5) is 10.5 Å². The first-order chi connectivity index (χ1) is 10.2. The van der Waals surface area contributed by atoms with E-state index in [0.29, 0.717) is 6.61 Å². The van der Waals surface area contributed by atoms with E-state index >= 15 is 0 Å². The van der Waals surface area contributed by atoms with E-state index in [-0.39, 0.29) is 0 Å². The minimum Gasteiger partial charge on any atom is -0.494 e. The van der Waals surface area contributed by atoms with Gasteiger partial charge in [0.15, 0.2) is 0 Å². The average molecular weight is 284 g/mol. The van der Waals surface area contributed by atoms with E-state index in [1.807, 2.05) is 42.5 Å². The molecule has 21 heavy (non-hydrogen) atoms. The molecule has 0 saturated heterocycles. The molecule has 0 radical (unpaired) electrons. The van der Waals surface area contributed by atoms with Crippen molar-refractivity contribution in [2.75, 3.05) is 18.6 Å². The van der Waals surface area contributed by atoms with Gasteiger partial charge in [-0.2, -0.15) is 0 Å². The van der Waals surface area contributed by atoms with Crippen LogP contribution in [0.1, 0.15) is 12.0 Å². The van der Waals surface area contributed by atoms with Crippen molar-refractivity contribution < 1.29 is 9.53 Å². The van der Waals surface area contributed by atoms with Crippen molar-refractivity contribution in [2.24, 2.45) is 5.73 Å². The Morgan fingerprint density at radius 3 is 2.38 bits per heavy atom. The van der Waals surface area contributed by atoms with Gasteiger partial charge in [-0.25, -0.2) is 4.79 Å². The first kappa shape index (κ1) is 14.9. The van der Waals surface area contributed by atoms with Crippen molar-refractivity contribution >= 4 is 11.7 Å². The number of hydrogen-bond donors (Lipinski definition) is 1. The van der Waals surface area contributed by atoms with Gasteiger partial charge in [0.05, 0.1) is 6.61 Å². The summed E-state index contributed by atoms with van der Waals surface area (Å²) in [5.74, 6) is 0.796. The highest BCUT2D eigenvalue weighted by molar-refractivity contribution is 5.90. The summed E-state index contributed by atoms with van der Waals surface area (Å²) >= 11 is 0. The molecule has 0 unspecified atom stereocenters. The number of carbonyl (C=O) groups is 1. The molecule has 0 saturated carbocycles. The minimum atomic E-state index is -0.480. The third-order valence-electron chi connectivity index (χ3n) is 3.28. The van der Waals surface area contributed by atoms with E-state index in [9.17, 15) is 4.79 Å². The third kappa shape index (κ3) is 4.53. The van der Waals surface area contributed by atoms with E-state index in [0.717, 1.165) is 24.3 Å². The monoisotopic (exact) mass is 284 g/mol. The molecule has 2 rings (SSSR count). The summed E-state index contributed by atoms with van der Waals surface area (Å²) in [5.41, 5.74) is 7.28. The van der Waals surface area contributed by atoms with Crippen LogP contribution < -0.4 is 15.4 Å². The van der Waals surface area contributed by atoms with Crippen LogP contribution in [-0.2, 0) is 6.42 Å². The Balaban J connectivity index is 1.77. The molecular formula is C17H20N2O2. The van der Waals surface area contributed by atoms with Crippen LogP contribution in [0.2, 0.25) is 0 Å². The van der Waals surface area contributed by atoms with Crippen LogP contribution in [0.15, 0.2) is 54.6 Å². The van der Waals surface area contributed by atoms with Gasteiger partial charge in [0.2, 0.25) is 0 Å². The molecule has 2 aromatic rings. The lowest BCUT2D eigenvalue weighted by Crippen LogP contribution is -2.31. The maximum Gasteiger partial charge on any atom is 0.318 e. The highest BCUT2D eigenvalue weighted by atomic mass is 16.5. The molecule has 4 heteroatoms. The molecule has 0 spiro atoms. The average Bonchev–Trinajstić information content (AvgIpc) is 2.52. The van der Waals surface area contributed by atoms with Crippen LogP contribution in [0.5, 0.6) is 5.75 Å². The van der Waals surface area contributed by atoms with Crippen molar-refractivity contribution in [1.29, 1.82) is 0 Å². The second-order valence-electron chi connectivity index (χ2n) is 4.83. The maximum absolute atomic E-state index is 11.0. The lowest BCUT2D eigenvalue weighted by Gasteiger charge is -2.14. The van der Waals surface area contributed by atoms with Crippen LogP contribution in [0, 0.1) is 0 Å². The highest BCUT2D eigenvalue weighted by Crippen LogP contribution is 2.18. The fraction of sp³-hybridized carbons (Fsp3) is 0.235. The molecule has 4 nitrogen and oxygen atoms in total. The maximum atomic E-state index is 11.0. The summed E-state index contributed by atoms with van der Waals surface area (Å²) in [5, 5.41) is 0. The Labute approximate surface area is 125 Å². The molecule has 0 bridgehead atoms. The SMILES string of the molecule is CN(C(N)=O)c1ccc(OCCCc2ccccc2)cc1. The number of hydrogen-bond acceptors (Lipinski definition) is 2.